The summed E-state index contributed by atoms with van der Waals surface area (Å²) in [4.78, 5) is 11.4. The number of sulfonamides is 1. The molecule has 0 spiro atoms. The minimum Gasteiger partial charge on any atom is -0.468 e. The van der Waals surface area contributed by atoms with Crippen LogP contribution >= 0.6 is 0 Å². The standard InChI is InChI=1S/C14H16N2O4S/c1-2-14(17)16-11-5-3-7-13(9-11)21(18,19)15-10-12-6-4-8-20-12/h3-9,15H,2,10H2,1H3,(H,16,17). The van der Waals surface area contributed by atoms with E-state index in [1.54, 1.807) is 31.2 Å². The average molecular weight is 308 g/mol. The maximum absolute atomic E-state index is 12.2. The highest BCUT2D eigenvalue weighted by atomic mass is 32.2. The molecule has 2 N–H and O–H groups in total. The second kappa shape index (κ2) is 6.55. The van der Waals surface area contributed by atoms with Gasteiger partial charge in [0.1, 0.15) is 5.76 Å². The topological polar surface area (TPSA) is 88.4 Å². The summed E-state index contributed by atoms with van der Waals surface area (Å²) in [6, 6.07) is 9.46. The number of hydrogen-bond acceptors (Lipinski definition) is 4. The quantitative estimate of drug-likeness (QED) is 0.855. The van der Waals surface area contributed by atoms with Crippen LogP contribution in [0.2, 0.25) is 0 Å². The second-order valence-corrected chi connectivity index (χ2v) is 6.10. The van der Waals surface area contributed by atoms with Crippen molar-refractivity contribution >= 4 is 21.6 Å². The van der Waals surface area contributed by atoms with Crippen molar-refractivity contribution in [2.24, 2.45) is 0 Å². The highest BCUT2D eigenvalue weighted by Gasteiger charge is 2.15. The van der Waals surface area contributed by atoms with Gasteiger partial charge in [0.25, 0.3) is 0 Å². The number of furan rings is 1. The summed E-state index contributed by atoms with van der Waals surface area (Å²) >= 11 is 0. The smallest absolute Gasteiger partial charge is 0.241 e. The first-order valence-corrected chi connectivity index (χ1v) is 7.91. The Kier molecular flexibility index (Phi) is 4.77. The van der Waals surface area contributed by atoms with Crippen molar-refractivity contribution in [2.45, 2.75) is 24.8 Å². The molecular formula is C14H16N2O4S. The second-order valence-electron chi connectivity index (χ2n) is 4.33. The van der Waals surface area contributed by atoms with Gasteiger partial charge in [-0.1, -0.05) is 13.0 Å². The molecule has 0 saturated heterocycles. The molecule has 0 aliphatic rings. The van der Waals surface area contributed by atoms with E-state index >= 15 is 0 Å². The molecule has 0 aliphatic heterocycles. The van der Waals surface area contributed by atoms with Gasteiger partial charge >= 0.3 is 0 Å². The molecule has 21 heavy (non-hydrogen) atoms. The third-order valence-corrected chi connectivity index (χ3v) is 4.16. The predicted molar refractivity (Wildman–Crippen MR) is 78.1 cm³/mol. The summed E-state index contributed by atoms with van der Waals surface area (Å²) in [7, 11) is -3.66. The molecule has 0 atom stereocenters. The summed E-state index contributed by atoms with van der Waals surface area (Å²) in [6.45, 7) is 1.79. The van der Waals surface area contributed by atoms with E-state index in [1.807, 2.05) is 0 Å². The number of anilines is 1. The highest BCUT2D eigenvalue weighted by Crippen LogP contribution is 2.16. The van der Waals surface area contributed by atoms with E-state index < -0.39 is 10.0 Å². The van der Waals surface area contributed by atoms with Crippen molar-refractivity contribution in [3.63, 3.8) is 0 Å². The fraction of sp³-hybridized carbons (Fsp3) is 0.214. The molecular weight excluding hydrogens is 292 g/mol. The zero-order valence-electron chi connectivity index (χ0n) is 11.5. The van der Waals surface area contributed by atoms with Gasteiger partial charge in [0.15, 0.2) is 0 Å². The highest BCUT2D eigenvalue weighted by molar-refractivity contribution is 7.89. The Hall–Kier alpha value is -2.12. The van der Waals surface area contributed by atoms with Crippen molar-refractivity contribution in [1.29, 1.82) is 0 Å². The largest absolute Gasteiger partial charge is 0.468 e. The van der Waals surface area contributed by atoms with Crippen molar-refractivity contribution in [1.82, 2.24) is 4.72 Å². The van der Waals surface area contributed by atoms with Gasteiger partial charge in [0.2, 0.25) is 15.9 Å². The lowest BCUT2D eigenvalue weighted by molar-refractivity contribution is -0.115. The van der Waals surface area contributed by atoms with E-state index in [1.165, 1.54) is 18.4 Å². The molecule has 0 bridgehead atoms. The molecule has 2 aromatic rings. The number of hydrogen-bond donors (Lipinski definition) is 2. The van der Waals surface area contributed by atoms with E-state index in [0.29, 0.717) is 17.9 Å². The number of rotatable bonds is 6. The van der Waals surface area contributed by atoms with Crippen LogP contribution in [0.25, 0.3) is 0 Å². The van der Waals surface area contributed by atoms with Crippen LogP contribution in [0, 0.1) is 0 Å². The molecule has 0 aliphatic carbocycles. The first kappa shape index (κ1) is 15.3. The zero-order chi connectivity index (χ0) is 15.3. The van der Waals surface area contributed by atoms with E-state index in [2.05, 4.69) is 10.0 Å². The van der Waals surface area contributed by atoms with Crippen LogP contribution in [0.4, 0.5) is 5.69 Å². The minimum atomic E-state index is -3.66. The molecule has 112 valence electrons. The molecule has 1 heterocycles. The van der Waals surface area contributed by atoms with Crippen LogP contribution in [0.1, 0.15) is 19.1 Å². The van der Waals surface area contributed by atoms with Gasteiger partial charge in [-0.05, 0) is 30.3 Å². The molecule has 0 unspecified atom stereocenters. The maximum atomic E-state index is 12.2. The van der Waals surface area contributed by atoms with Gasteiger partial charge in [0, 0.05) is 12.1 Å². The van der Waals surface area contributed by atoms with Gasteiger partial charge in [-0.25, -0.2) is 13.1 Å². The maximum Gasteiger partial charge on any atom is 0.241 e. The molecule has 7 heteroatoms. The molecule has 1 aromatic heterocycles. The fourth-order valence-electron chi connectivity index (χ4n) is 1.65. The number of amides is 1. The lowest BCUT2D eigenvalue weighted by atomic mass is 10.3. The first-order valence-electron chi connectivity index (χ1n) is 6.43. The Morgan fingerprint density at radius 2 is 2.05 bits per heavy atom. The van der Waals surface area contributed by atoms with Crippen LogP contribution in [0.5, 0.6) is 0 Å². The fourth-order valence-corrected chi connectivity index (χ4v) is 2.69. The monoisotopic (exact) mass is 308 g/mol. The summed E-state index contributed by atoms with van der Waals surface area (Å²) in [5.74, 6) is 0.349. The Morgan fingerprint density at radius 3 is 2.71 bits per heavy atom. The lowest BCUT2D eigenvalue weighted by Crippen LogP contribution is -2.23. The van der Waals surface area contributed by atoms with E-state index in [9.17, 15) is 13.2 Å². The Labute approximate surface area is 123 Å². The van der Waals surface area contributed by atoms with E-state index in [4.69, 9.17) is 4.42 Å². The molecule has 0 fully saturated rings. The van der Waals surface area contributed by atoms with Crippen molar-refractivity contribution in [2.75, 3.05) is 5.32 Å². The average Bonchev–Trinajstić information content (AvgIpc) is 2.99. The number of nitrogens with one attached hydrogen (secondary N) is 2. The molecule has 1 aromatic carbocycles. The summed E-state index contributed by atoms with van der Waals surface area (Å²) < 4.78 is 31.8. The van der Waals surface area contributed by atoms with E-state index in [0.717, 1.165) is 0 Å². The lowest BCUT2D eigenvalue weighted by Gasteiger charge is -2.08. The number of benzene rings is 1. The third kappa shape index (κ3) is 4.17. The first-order chi connectivity index (χ1) is 10.0. The minimum absolute atomic E-state index is 0.0703. The molecule has 6 nitrogen and oxygen atoms in total. The van der Waals surface area contributed by atoms with Crippen molar-refractivity contribution in [3.8, 4) is 0 Å². The van der Waals surface area contributed by atoms with Crippen LogP contribution in [0.3, 0.4) is 0 Å². The number of carbonyl (C=O) groups excluding carboxylic acids is 1. The molecule has 1 amide bonds. The Morgan fingerprint density at radius 1 is 1.24 bits per heavy atom. The molecule has 0 radical (unpaired) electrons. The predicted octanol–water partition coefficient (Wildman–Crippen LogP) is 2.11. The van der Waals surface area contributed by atoms with Gasteiger partial charge in [0.05, 0.1) is 17.7 Å². The van der Waals surface area contributed by atoms with E-state index in [-0.39, 0.29) is 17.3 Å². The Bertz CT molecular complexity index is 708. The van der Waals surface area contributed by atoms with Crippen LogP contribution in [-0.2, 0) is 21.4 Å². The van der Waals surface area contributed by atoms with Gasteiger partial charge in [-0.2, -0.15) is 0 Å². The van der Waals surface area contributed by atoms with Crippen molar-refractivity contribution in [3.05, 3.63) is 48.4 Å². The third-order valence-electron chi connectivity index (χ3n) is 2.77. The summed E-state index contributed by atoms with van der Waals surface area (Å²) in [5, 5.41) is 2.62. The Balaban J connectivity index is 2.12. The zero-order valence-corrected chi connectivity index (χ0v) is 12.3. The van der Waals surface area contributed by atoms with Gasteiger partial charge < -0.3 is 9.73 Å². The molecule has 2 rings (SSSR count). The van der Waals surface area contributed by atoms with Crippen LogP contribution < -0.4 is 10.0 Å². The normalized spacial score (nSPS) is 11.3. The van der Waals surface area contributed by atoms with Gasteiger partial charge in [-0.15, -0.1) is 0 Å². The van der Waals surface area contributed by atoms with Gasteiger partial charge in [-0.3, -0.25) is 4.79 Å². The van der Waals surface area contributed by atoms with Crippen LogP contribution in [0.15, 0.2) is 52.0 Å². The summed E-state index contributed by atoms with van der Waals surface area (Å²) in [6.07, 6.45) is 1.80. The van der Waals surface area contributed by atoms with Crippen LogP contribution in [-0.4, -0.2) is 14.3 Å². The van der Waals surface area contributed by atoms with Crippen molar-refractivity contribution < 1.29 is 17.6 Å². The SMILES string of the molecule is CCC(=O)Nc1cccc(S(=O)(=O)NCc2ccco2)c1. The molecule has 0 saturated carbocycles. The number of carbonyl (C=O) groups is 1. The summed E-state index contributed by atoms with van der Waals surface area (Å²) in [5.41, 5.74) is 0.447.